The smallest absolute Gasteiger partial charge is 0.123 e. The molecule has 0 amide bonds. The fourth-order valence-electron chi connectivity index (χ4n) is 2.11. The topological polar surface area (TPSA) is 41.5 Å². The van der Waals surface area contributed by atoms with Gasteiger partial charge in [-0.15, -0.1) is 0 Å². The summed E-state index contributed by atoms with van der Waals surface area (Å²) in [5.41, 5.74) is 2.12. The Kier molecular flexibility index (Phi) is 6.52. The molecule has 0 fully saturated rings. The number of hydrogen-bond acceptors (Lipinski definition) is 3. The quantitative estimate of drug-likeness (QED) is 0.793. The van der Waals surface area contributed by atoms with E-state index in [1.165, 1.54) is 0 Å². The van der Waals surface area contributed by atoms with Crippen molar-refractivity contribution in [2.24, 2.45) is 0 Å². The summed E-state index contributed by atoms with van der Waals surface area (Å²) >= 11 is 12.0. The van der Waals surface area contributed by atoms with Crippen LogP contribution in [0.1, 0.15) is 24.1 Å². The monoisotopic (exact) mass is 339 g/mol. The van der Waals surface area contributed by atoms with E-state index < -0.39 is 0 Å². The Balaban J connectivity index is 2.01. The van der Waals surface area contributed by atoms with Crippen molar-refractivity contribution in [3.8, 4) is 5.75 Å². The molecule has 0 saturated heterocycles. The number of rotatable bonds is 7. The van der Waals surface area contributed by atoms with Gasteiger partial charge in [-0.1, -0.05) is 47.5 Å². The van der Waals surface area contributed by atoms with Gasteiger partial charge in [-0.3, -0.25) is 0 Å². The van der Waals surface area contributed by atoms with E-state index in [0.717, 1.165) is 16.9 Å². The van der Waals surface area contributed by atoms with E-state index in [0.29, 0.717) is 23.2 Å². The minimum Gasteiger partial charge on any atom is -0.491 e. The van der Waals surface area contributed by atoms with Crippen LogP contribution in [0.15, 0.2) is 42.5 Å². The molecule has 22 heavy (non-hydrogen) atoms. The summed E-state index contributed by atoms with van der Waals surface area (Å²) in [5, 5.41) is 13.4. The Bertz CT molecular complexity index is 619. The number of halogens is 2. The van der Waals surface area contributed by atoms with Crippen molar-refractivity contribution in [1.82, 2.24) is 5.32 Å². The van der Waals surface area contributed by atoms with Crippen LogP contribution in [-0.2, 0) is 6.54 Å². The Morgan fingerprint density at radius 2 is 1.91 bits per heavy atom. The van der Waals surface area contributed by atoms with Gasteiger partial charge < -0.3 is 15.2 Å². The van der Waals surface area contributed by atoms with Crippen LogP contribution >= 0.6 is 23.2 Å². The Morgan fingerprint density at radius 1 is 1.14 bits per heavy atom. The molecule has 2 aromatic carbocycles. The molecule has 0 aliphatic rings. The van der Waals surface area contributed by atoms with Crippen molar-refractivity contribution in [1.29, 1.82) is 0 Å². The van der Waals surface area contributed by atoms with Gasteiger partial charge >= 0.3 is 0 Å². The van der Waals surface area contributed by atoms with Crippen molar-refractivity contribution >= 4 is 23.2 Å². The lowest BCUT2D eigenvalue weighted by atomic mass is 10.1. The third kappa shape index (κ3) is 4.62. The largest absolute Gasteiger partial charge is 0.491 e. The van der Waals surface area contributed by atoms with Crippen LogP contribution in [-0.4, -0.2) is 18.3 Å². The van der Waals surface area contributed by atoms with Crippen LogP contribution in [0.3, 0.4) is 0 Å². The molecule has 3 nitrogen and oxygen atoms in total. The van der Waals surface area contributed by atoms with Gasteiger partial charge in [-0.25, -0.2) is 0 Å². The van der Waals surface area contributed by atoms with Crippen LogP contribution < -0.4 is 10.1 Å². The standard InChI is InChI=1S/C17H19Cl2NO2/c1-12(13-6-7-15(18)16(19)10-13)20-11-14-4-2-3-5-17(14)22-9-8-21/h2-7,10,12,20-21H,8-9,11H2,1H3. The lowest BCUT2D eigenvalue weighted by Crippen LogP contribution is -2.18. The second-order valence-corrected chi connectivity index (χ2v) is 5.77. The number of aliphatic hydroxyl groups excluding tert-OH is 1. The van der Waals surface area contributed by atoms with Crippen LogP contribution in [0.2, 0.25) is 10.0 Å². The normalized spacial score (nSPS) is 12.2. The van der Waals surface area contributed by atoms with E-state index in [-0.39, 0.29) is 12.6 Å². The van der Waals surface area contributed by atoms with Gasteiger partial charge in [0.05, 0.1) is 16.7 Å². The molecule has 0 aliphatic heterocycles. The number of para-hydroxylation sites is 1. The highest BCUT2D eigenvalue weighted by Gasteiger charge is 2.09. The molecule has 2 N–H and O–H groups in total. The lowest BCUT2D eigenvalue weighted by Gasteiger charge is -2.17. The fourth-order valence-corrected chi connectivity index (χ4v) is 2.42. The average molecular weight is 340 g/mol. The third-order valence-electron chi connectivity index (χ3n) is 3.36. The van der Waals surface area contributed by atoms with E-state index in [1.54, 1.807) is 6.07 Å². The zero-order valence-corrected chi connectivity index (χ0v) is 13.9. The van der Waals surface area contributed by atoms with Gasteiger partial charge in [0.1, 0.15) is 12.4 Å². The van der Waals surface area contributed by atoms with Crippen LogP contribution in [0.5, 0.6) is 5.75 Å². The van der Waals surface area contributed by atoms with E-state index in [2.05, 4.69) is 12.2 Å². The molecule has 0 heterocycles. The van der Waals surface area contributed by atoms with Crippen LogP contribution in [0.4, 0.5) is 0 Å². The van der Waals surface area contributed by atoms with Gasteiger partial charge in [0.2, 0.25) is 0 Å². The van der Waals surface area contributed by atoms with Gasteiger partial charge in [0, 0.05) is 18.2 Å². The van der Waals surface area contributed by atoms with E-state index in [1.807, 2.05) is 36.4 Å². The van der Waals surface area contributed by atoms with Gasteiger partial charge in [0.15, 0.2) is 0 Å². The van der Waals surface area contributed by atoms with E-state index in [4.69, 9.17) is 33.0 Å². The maximum Gasteiger partial charge on any atom is 0.123 e. The Morgan fingerprint density at radius 3 is 2.64 bits per heavy atom. The molecule has 0 saturated carbocycles. The lowest BCUT2D eigenvalue weighted by molar-refractivity contribution is 0.200. The molecule has 1 atom stereocenters. The van der Waals surface area contributed by atoms with Crippen molar-refractivity contribution in [3.63, 3.8) is 0 Å². The molecule has 0 bridgehead atoms. The number of ether oxygens (including phenoxy) is 1. The predicted octanol–water partition coefficient (Wildman–Crippen LogP) is 4.22. The maximum atomic E-state index is 8.87. The highest BCUT2D eigenvalue weighted by atomic mass is 35.5. The number of benzene rings is 2. The second kappa shape index (κ2) is 8.39. The number of nitrogens with one attached hydrogen (secondary N) is 1. The predicted molar refractivity (Wildman–Crippen MR) is 90.7 cm³/mol. The first kappa shape index (κ1) is 17.1. The average Bonchev–Trinajstić information content (AvgIpc) is 2.54. The maximum absolute atomic E-state index is 8.87. The highest BCUT2D eigenvalue weighted by molar-refractivity contribution is 6.42. The summed E-state index contributed by atoms with van der Waals surface area (Å²) in [6.07, 6.45) is 0. The number of aliphatic hydroxyl groups is 1. The van der Waals surface area contributed by atoms with Crippen molar-refractivity contribution in [2.45, 2.75) is 19.5 Å². The van der Waals surface area contributed by atoms with Crippen LogP contribution in [0, 0.1) is 0 Å². The summed E-state index contributed by atoms with van der Waals surface area (Å²) in [5.74, 6) is 0.783. The summed E-state index contributed by atoms with van der Waals surface area (Å²) < 4.78 is 5.53. The van der Waals surface area contributed by atoms with Gasteiger partial charge in [0.25, 0.3) is 0 Å². The minimum absolute atomic E-state index is 0.00143. The highest BCUT2D eigenvalue weighted by Crippen LogP contribution is 2.26. The van der Waals surface area contributed by atoms with E-state index in [9.17, 15) is 0 Å². The zero-order valence-electron chi connectivity index (χ0n) is 12.4. The third-order valence-corrected chi connectivity index (χ3v) is 4.10. The van der Waals surface area contributed by atoms with Crippen molar-refractivity contribution < 1.29 is 9.84 Å². The first-order chi connectivity index (χ1) is 10.6. The van der Waals surface area contributed by atoms with Gasteiger partial charge in [-0.05, 0) is 30.7 Å². The Hall–Kier alpha value is -1.26. The first-order valence-corrected chi connectivity index (χ1v) is 7.87. The SMILES string of the molecule is CC(NCc1ccccc1OCCO)c1ccc(Cl)c(Cl)c1. The molecular formula is C17H19Cl2NO2. The Labute approximate surface area is 140 Å². The van der Waals surface area contributed by atoms with Gasteiger partial charge in [-0.2, -0.15) is 0 Å². The molecule has 2 aromatic rings. The molecular weight excluding hydrogens is 321 g/mol. The molecule has 5 heteroatoms. The van der Waals surface area contributed by atoms with Crippen molar-refractivity contribution in [3.05, 3.63) is 63.6 Å². The zero-order chi connectivity index (χ0) is 15.9. The molecule has 0 aromatic heterocycles. The molecule has 0 radical (unpaired) electrons. The molecule has 118 valence electrons. The molecule has 2 rings (SSSR count). The van der Waals surface area contributed by atoms with Crippen LogP contribution in [0.25, 0.3) is 0 Å². The summed E-state index contributed by atoms with van der Waals surface area (Å²) in [4.78, 5) is 0. The van der Waals surface area contributed by atoms with Crippen molar-refractivity contribution in [2.75, 3.05) is 13.2 Å². The summed E-state index contributed by atoms with van der Waals surface area (Å²) in [7, 11) is 0. The first-order valence-electron chi connectivity index (χ1n) is 7.11. The summed E-state index contributed by atoms with van der Waals surface area (Å²) in [6.45, 7) is 3.01. The minimum atomic E-state index is 0.00143. The molecule has 0 spiro atoms. The van der Waals surface area contributed by atoms with E-state index >= 15 is 0 Å². The number of hydrogen-bond donors (Lipinski definition) is 2. The fraction of sp³-hybridized carbons (Fsp3) is 0.294. The molecule has 1 unspecified atom stereocenters. The molecule has 0 aliphatic carbocycles. The summed E-state index contributed by atoms with van der Waals surface area (Å²) in [6, 6.07) is 13.5. The second-order valence-electron chi connectivity index (χ2n) is 4.96.